The smallest absolute Gasteiger partial charge is 0.422 e. The highest BCUT2D eigenvalue weighted by Crippen LogP contribution is 2.15. The number of hydrogen-bond acceptors (Lipinski definition) is 3. The Morgan fingerprint density at radius 3 is 2.15 bits per heavy atom. The van der Waals surface area contributed by atoms with Gasteiger partial charge in [-0.3, -0.25) is 4.79 Å². The fourth-order valence-electron chi connectivity index (χ4n) is 0.392. The number of halogens is 4. The zero-order valence-corrected chi connectivity index (χ0v) is 6.52. The Morgan fingerprint density at radius 2 is 1.85 bits per heavy atom. The van der Waals surface area contributed by atoms with E-state index >= 15 is 0 Å². The molecule has 1 atom stereocenters. The van der Waals surface area contributed by atoms with E-state index in [-0.39, 0.29) is 0 Å². The van der Waals surface area contributed by atoms with Crippen LogP contribution in [-0.4, -0.2) is 30.7 Å². The molecular formula is C6H6F4O3. The van der Waals surface area contributed by atoms with Gasteiger partial charge in [0.25, 0.3) is 6.17 Å². The second-order valence-corrected chi connectivity index (χ2v) is 2.20. The van der Waals surface area contributed by atoms with Gasteiger partial charge in [0.2, 0.25) is 0 Å². The van der Waals surface area contributed by atoms with E-state index in [0.29, 0.717) is 0 Å². The molecule has 0 aliphatic heterocycles. The number of Topliss-reactive ketones (excluding diaryl/α,β-unsaturated/α-hetero) is 1. The van der Waals surface area contributed by atoms with Crippen LogP contribution in [0.25, 0.3) is 0 Å². The Labute approximate surface area is 70.7 Å². The van der Waals surface area contributed by atoms with Gasteiger partial charge in [-0.05, 0) is 6.92 Å². The van der Waals surface area contributed by atoms with Gasteiger partial charge < -0.3 is 4.74 Å². The summed E-state index contributed by atoms with van der Waals surface area (Å²) in [4.78, 5) is 20.5. The van der Waals surface area contributed by atoms with Crippen molar-refractivity contribution in [3.05, 3.63) is 0 Å². The largest absolute Gasteiger partial charge is 0.454 e. The van der Waals surface area contributed by atoms with E-state index in [4.69, 9.17) is 0 Å². The molecule has 0 aliphatic rings. The molecule has 0 saturated carbocycles. The monoisotopic (exact) mass is 202 g/mol. The molecule has 7 heteroatoms. The molecule has 3 nitrogen and oxygen atoms in total. The molecule has 13 heavy (non-hydrogen) atoms. The minimum atomic E-state index is -4.72. The number of carbonyl (C=O) groups is 2. The summed E-state index contributed by atoms with van der Waals surface area (Å²) in [6.45, 7) is -1.15. The predicted octanol–water partition coefficient (Wildman–Crippen LogP) is 1.02. The van der Waals surface area contributed by atoms with Crippen LogP contribution in [0.15, 0.2) is 0 Å². The first-order valence-electron chi connectivity index (χ1n) is 3.12. The van der Waals surface area contributed by atoms with Crippen molar-refractivity contribution >= 4 is 11.8 Å². The van der Waals surface area contributed by atoms with E-state index in [0.717, 1.165) is 6.92 Å². The summed E-state index contributed by atoms with van der Waals surface area (Å²) in [5, 5.41) is 0. The molecule has 0 heterocycles. The minimum Gasteiger partial charge on any atom is -0.454 e. The van der Waals surface area contributed by atoms with Crippen LogP contribution in [0.4, 0.5) is 17.6 Å². The number of ether oxygens (including phenoxy) is 1. The first-order valence-corrected chi connectivity index (χ1v) is 3.12. The molecule has 0 rings (SSSR count). The third-order valence-corrected chi connectivity index (χ3v) is 0.942. The molecule has 0 spiro atoms. The predicted molar refractivity (Wildman–Crippen MR) is 32.6 cm³/mol. The number of ketones is 1. The summed E-state index contributed by atoms with van der Waals surface area (Å²) in [7, 11) is 0. The topological polar surface area (TPSA) is 43.4 Å². The van der Waals surface area contributed by atoms with Crippen molar-refractivity contribution in [3.8, 4) is 0 Å². The van der Waals surface area contributed by atoms with Crippen LogP contribution in [0, 0.1) is 0 Å². The van der Waals surface area contributed by atoms with Crippen LogP contribution >= 0.6 is 0 Å². The van der Waals surface area contributed by atoms with E-state index in [1.54, 1.807) is 0 Å². The van der Waals surface area contributed by atoms with Crippen molar-refractivity contribution in [1.82, 2.24) is 0 Å². The molecule has 0 radical (unpaired) electrons. The number of rotatable bonds is 3. The van der Waals surface area contributed by atoms with Crippen LogP contribution in [0.5, 0.6) is 0 Å². The van der Waals surface area contributed by atoms with Crippen molar-refractivity contribution in [2.24, 2.45) is 0 Å². The Morgan fingerprint density at radius 1 is 1.38 bits per heavy atom. The van der Waals surface area contributed by atoms with E-state index in [2.05, 4.69) is 4.74 Å². The lowest BCUT2D eigenvalue weighted by Crippen LogP contribution is -2.29. The SMILES string of the molecule is CC(=O)C(F)C(=O)OCC(F)(F)F. The number of alkyl halides is 4. The van der Waals surface area contributed by atoms with Crippen molar-refractivity contribution in [1.29, 1.82) is 0 Å². The molecule has 0 bridgehead atoms. The van der Waals surface area contributed by atoms with E-state index in [1.807, 2.05) is 0 Å². The van der Waals surface area contributed by atoms with Gasteiger partial charge in [-0.1, -0.05) is 0 Å². The van der Waals surface area contributed by atoms with E-state index < -0.39 is 30.7 Å². The Balaban J connectivity index is 3.96. The summed E-state index contributed by atoms with van der Waals surface area (Å²) < 4.78 is 50.0. The molecule has 0 aromatic heterocycles. The van der Waals surface area contributed by atoms with Gasteiger partial charge in [-0.15, -0.1) is 0 Å². The lowest BCUT2D eigenvalue weighted by atomic mass is 10.3. The lowest BCUT2D eigenvalue weighted by Gasteiger charge is -2.08. The second kappa shape index (κ2) is 4.20. The van der Waals surface area contributed by atoms with Crippen LogP contribution in [0.2, 0.25) is 0 Å². The molecule has 0 fully saturated rings. The van der Waals surface area contributed by atoms with Gasteiger partial charge in [0, 0.05) is 0 Å². The minimum absolute atomic E-state index is 0.736. The maximum absolute atomic E-state index is 12.3. The summed E-state index contributed by atoms with van der Waals surface area (Å²) >= 11 is 0. The molecule has 0 aromatic carbocycles. The lowest BCUT2D eigenvalue weighted by molar-refractivity contribution is -0.189. The highest BCUT2D eigenvalue weighted by molar-refractivity contribution is 6.00. The number of esters is 1. The van der Waals surface area contributed by atoms with Crippen LogP contribution < -0.4 is 0 Å². The highest BCUT2D eigenvalue weighted by Gasteiger charge is 2.32. The first-order chi connectivity index (χ1) is 5.74. The quantitative estimate of drug-likeness (QED) is 0.390. The van der Waals surface area contributed by atoms with E-state index in [9.17, 15) is 27.2 Å². The van der Waals surface area contributed by atoms with Gasteiger partial charge in [-0.25, -0.2) is 9.18 Å². The Hall–Kier alpha value is -1.14. The Bertz CT molecular complexity index is 210. The molecule has 0 saturated heterocycles. The van der Waals surface area contributed by atoms with Gasteiger partial charge in [-0.2, -0.15) is 13.2 Å². The van der Waals surface area contributed by atoms with Crippen LogP contribution in [0.3, 0.4) is 0 Å². The summed E-state index contributed by atoms with van der Waals surface area (Å²) in [5.74, 6) is -3.00. The third-order valence-electron chi connectivity index (χ3n) is 0.942. The van der Waals surface area contributed by atoms with Crippen molar-refractivity contribution in [2.75, 3.05) is 6.61 Å². The summed E-state index contributed by atoms with van der Waals surface area (Å²) in [5.41, 5.74) is 0. The summed E-state index contributed by atoms with van der Waals surface area (Å²) in [6.07, 6.45) is -7.35. The second-order valence-electron chi connectivity index (χ2n) is 2.20. The summed E-state index contributed by atoms with van der Waals surface area (Å²) in [6, 6.07) is 0. The fourth-order valence-corrected chi connectivity index (χ4v) is 0.392. The molecule has 0 aliphatic carbocycles. The molecule has 1 unspecified atom stereocenters. The van der Waals surface area contributed by atoms with Crippen molar-refractivity contribution in [3.63, 3.8) is 0 Å². The maximum Gasteiger partial charge on any atom is 0.422 e. The molecule has 0 N–H and O–H groups in total. The zero-order chi connectivity index (χ0) is 10.6. The third kappa shape index (κ3) is 5.15. The standard InChI is InChI=1S/C6H6F4O3/c1-3(11)4(7)5(12)13-2-6(8,9)10/h4H,2H2,1H3. The number of carbonyl (C=O) groups excluding carboxylic acids is 2. The van der Waals surface area contributed by atoms with Crippen molar-refractivity contribution in [2.45, 2.75) is 19.3 Å². The van der Waals surface area contributed by atoms with Gasteiger partial charge >= 0.3 is 12.1 Å². The van der Waals surface area contributed by atoms with Gasteiger partial charge in [0.1, 0.15) is 0 Å². The molecule has 76 valence electrons. The van der Waals surface area contributed by atoms with E-state index in [1.165, 1.54) is 0 Å². The molecule has 0 aromatic rings. The average Bonchev–Trinajstić information content (AvgIpc) is 1.97. The fraction of sp³-hybridized carbons (Fsp3) is 0.667. The number of hydrogen-bond donors (Lipinski definition) is 0. The molecule has 0 amide bonds. The van der Waals surface area contributed by atoms with Gasteiger partial charge in [0.05, 0.1) is 0 Å². The Kier molecular flexibility index (Phi) is 3.83. The zero-order valence-electron chi connectivity index (χ0n) is 6.52. The van der Waals surface area contributed by atoms with Crippen LogP contribution in [0.1, 0.15) is 6.92 Å². The first kappa shape index (κ1) is 11.9. The van der Waals surface area contributed by atoms with Crippen molar-refractivity contribution < 1.29 is 31.9 Å². The van der Waals surface area contributed by atoms with Gasteiger partial charge in [0.15, 0.2) is 12.4 Å². The maximum atomic E-state index is 12.3. The normalized spacial score (nSPS) is 13.6. The highest BCUT2D eigenvalue weighted by atomic mass is 19.4. The average molecular weight is 202 g/mol. The van der Waals surface area contributed by atoms with Crippen LogP contribution in [-0.2, 0) is 14.3 Å². The molecular weight excluding hydrogens is 196 g/mol.